The zero-order valence-corrected chi connectivity index (χ0v) is 41.3. The molecule has 0 rings (SSSR count). The van der Waals surface area contributed by atoms with Gasteiger partial charge < -0.3 is 20.3 Å². The van der Waals surface area contributed by atoms with E-state index < -0.39 is 18.2 Å². The van der Waals surface area contributed by atoms with Crippen molar-refractivity contribution in [2.24, 2.45) is 0 Å². The summed E-state index contributed by atoms with van der Waals surface area (Å²) in [6, 6.07) is -0.704. The third kappa shape index (κ3) is 44.4. The minimum atomic E-state index is -0.790. The van der Waals surface area contributed by atoms with Crippen molar-refractivity contribution < 1.29 is 24.5 Å². The van der Waals surface area contributed by atoms with Gasteiger partial charge in [0.2, 0.25) is 5.91 Å². The molecular weight excluding hydrogens is 767 g/mol. The zero-order valence-electron chi connectivity index (χ0n) is 41.3. The van der Waals surface area contributed by atoms with Crippen molar-refractivity contribution in [3.05, 3.63) is 48.6 Å². The van der Waals surface area contributed by atoms with Crippen molar-refractivity contribution in [1.29, 1.82) is 0 Å². The van der Waals surface area contributed by atoms with Crippen LogP contribution in [0.4, 0.5) is 0 Å². The van der Waals surface area contributed by atoms with Crippen molar-refractivity contribution in [2.45, 2.75) is 289 Å². The summed E-state index contributed by atoms with van der Waals surface area (Å²) in [6.07, 6.45) is 60.3. The van der Waals surface area contributed by atoms with Gasteiger partial charge in [-0.25, -0.2) is 0 Å². The highest BCUT2D eigenvalue weighted by Gasteiger charge is 2.24. The quantitative estimate of drug-likeness (QED) is 0.0322. The molecular formula is C56H103NO5. The molecule has 0 saturated heterocycles. The van der Waals surface area contributed by atoms with Gasteiger partial charge in [0.1, 0.15) is 6.10 Å². The van der Waals surface area contributed by atoms with Gasteiger partial charge in [-0.15, -0.1) is 0 Å². The first-order valence-electron chi connectivity index (χ1n) is 26.9. The second-order valence-electron chi connectivity index (χ2n) is 18.4. The van der Waals surface area contributed by atoms with Gasteiger partial charge in [0.05, 0.1) is 25.2 Å². The van der Waals surface area contributed by atoms with Gasteiger partial charge in [-0.05, 0) is 51.4 Å². The highest BCUT2D eigenvalue weighted by Crippen LogP contribution is 2.18. The lowest BCUT2D eigenvalue weighted by atomic mass is 10.0. The average Bonchev–Trinajstić information content (AvgIpc) is 3.26. The Morgan fingerprint density at radius 1 is 0.468 bits per heavy atom. The molecule has 0 aliphatic carbocycles. The Balaban J connectivity index is 4.41. The predicted octanol–water partition coefficient (Wildman–Crippen LogP) is 16.2. The lowest BCUT2D eigenvalue weighted by molar-refractivity contribution is -0.151. The fourth-order valence-corrected chi connectivity index (χ4v) is 8.15. The number of amides is 1. The Labute approximate surface area is 385 Å². The summed E-state index contributed by atoms with van der Waals surface area (Å²) in [5.41, 5.74) is 0. The Hall–Kier alpha value is -2.18. The number of aliphatic hydroxyl groups excluding tert-OH is 2. The number of allylic oxidation sites excluding steroid dienone is 8. The van der Waals surface area contributed by atoms with Crippen LogP contribution in [0.3, 0.4) is 0 Å². The lowest BCUT2D eigenvalue weighted by Gasteiger charge is -2.24. The maximum absolute atomic E-state index is 13.2. The summed E-state index contributed by atoms with van der Waals surface area (Å²) in [7, 11) is 0. The Morgan fingerprint density at radius 2 is 0.823 bits per heavy atom. The van der Waals surface area contributed by atoms with Crippen LogP contribution in [0.2, 0.25) is 0 Å². The average molecular weight is 870 g/mol. The van der Waals surface area contributed by atoms with E-state index in [2.05, 4.69) is 74.7 Å². The van der Waals surface area contributed by atoms with E-state index in [0.29, 0.717) is 19.3 Å². The summed E-state index contributed by atoms with van der Waals surface area (Å²) in [5, 5.41) is 23.8. The van der Waals surface area contributed by atoms with E-state index in [1.54, 1.807) is 0 Å². The smallest absolute Gasteiger partial charge is 0.306 e. The van der Waals surface area contributed by atoms with Gasteiger partial charge in [0, 0.05) is 6.42 Å². The number of aliphatic hydroxyl groups is 2. The van der Waals surface area contributed by atoms with E-state index in [4.69, 9.17) is 4.74 Å². The number of carbonyl (C=O) groups excluding carboxylic acids is 2. The van der Waals surface area contributed by atoms with Gasteiger partial charge in [-0.3, -0.25) is 9.59 Å². The zero-order chi connectivity index (χ0) is 45.2. The number of rotatable bonds is 48. The topological polar surface area (TPSA) is 95.9 Å². The molecule has 6 heteroatoms. The predicted molar refractivity (Wildman–Crippen MR) is 269 cm³/mol. The summed E-state index contributed by atoms with van der Waals surface area (Å²) >= 11 is 0. The normalized spacial score (nSPS) is 13.6. The first kappa shape index (κ1) is 59.8. The fraction of sp³-hybridized carbons (Fsp3) is 0.821. The third-order valence-corrected chi connectivity index (χ3v) is 12.3. The molecule has 0 spiro atoms. The second-order valence-corrected chi connectivity index (χ2v) is 18.4. The molecule has 3 atom stereocenters. The van der Waals surface area contributed by atoms with Crippen molar-refractivity contribution in [1.82, 2.24) is 5.32 Å². The van der Waals surface area contributed by atoms with Crippen LogP contribution in [0.15, 0.2) is 48.6 Å². The minimum absolute atomic E-state index is 0.0692. The number of carbonyl (C=O) groups is 2. The number of ether oxygens (including phenoxy) is 1. The SMILES string of the molecule is CCCCC/C=C/C=C/C=C/C=C/CCCCCCCC(=O)OC(CCCCCCCCCC)CC(=O)NC(CO)C(O)CCCCCCCCCCCCCCCCCCC. The lowest BCUT2D eigenvalue weighted by Crippen LogP contribution is -2.46. The van der Waals surface area contributed by atoms with Crippen LogP contribution in [0, 0.1) is 0 Å². The molecule has 3 unspecified atom stereocenters. The summed E-state index contributed by atoms with van der Waals surface area (Å²) in [6.45, 7) is 6.44. The van der Waals surface area contributed by atoms with E-state index in [1.165, 1.54) is 148 Å². The number of esters is 1. The van der Waals surface area contributed by atoms with Crippen LogP contribution in [-0.4, -0.2) is 46.9 Å². The molecule has 0 aliphatic heterocycles. The maximum atomic E-state index is 13.2. The Morgan fingerprint density at radius 3 is 1.27 bits per heavy atom. The van der Waals surface area contributed by atoms with Crippen molar-refractivity contribution in [2.75, 3.05) is 6.61 Å². The van der Waals surface area contributed by atoms with Crippen LogP contribution < -0.4 is 5.32 Å². The third-order valence-electron chi connectivity index (χ3n) is 12.3. The largest absolute Gasteiger partial charge is 0.462 e. The summed E-state index contributed by atoms with van der Waals surface area (Å²) in [5.74, 6) is -0.495. The molecule has 0 aromatic carbocycles. The molecule has 0 radical (unpaired) electrons. The fourth-order valence-electron chi connectivity index (χ4n) is 8.15. The molecule has 0 aliphatic rings. The minimum Gasteiger partial charge on any atom is -0.462 e. The van der Waals surface area contributed by atoms with E-state index in [0.717, 1.165) is 77.0 Å². The van der Waals surface area contributed by atoms with Gasteiger partial charge in [0.15, 0.2) is 0 Å². The molecule has 6 nitrogen and oxygen atoms in total. The molecule has 0 aromatic heterocycles. The number of hydrogen-bond acceptors (Lipinski definition) is 5. The van der Waals surface area contributed by atoms with Crippen molar-refractivity contribution >= 4 is 11.9 Å². The molecule has 0 bridgehead atoms. The van der Waals surface area contributed by atoms with E-state index in [1.807, 2.05) is 0 Å². The Bertz CT molecular complexity index is 1070. The first-order valence-corrected chi connectivity index (χ1v) is 26.9. The Kier molecular flexibility index (Phi) is 48.1. The van der Waals surface area contributed by atoms with E-state index in [9.17, 15) is 19.8 Å². The van der Waals surface area contributed by atoms with E-state index >= 15 is 0 Å². The number of unbranched alkanes of at least 4 members (excludes halogenated alkanes) is 31. The molecule has 0 aromatic rings. The monoisotopic (exact) mass is 870 g/mol. The van der Waals surface area contributed by atoms with Crippen molar-refractivity contribution in [3.63, 3.8) is 0 Å². The van der Waals surface area contributed by atoms with E-state index in [-0.39, 0.29) is 24.9 Å². The van der Waals surface area contributed by atoms with Crippen LogP contribution in [-0.2, 0) is 14.3 Å². The van der Waals surface area contributed by atoms with Crippen molar-refractivity contribution in [3.8, 4) is 0 Å². The molecule has 3 N–H and O–H groups in total. The molecule has 362 valence electrons. The maximum Gasteiger partial charge on any atom is 0.306 e. The van der Waals surface area contributed by atoms with Gasteiger partial charge >= 0.3 is 5.97 Å². The van der Waals surface area contributed by atoms with Gasteiger partial charge in [-0.1, -0.05) is 256 Å². The van der Waals surface area contributed by atoms with Crippen LogP contribution in [0.5, 0.6) is 0 Å². The summed E-state index contributed by atoms with van der Waals surface area (Å²) in [4.78, 5) is 26.1. The standard InChI is InChI=1S/C56H103NO5/c1-4-7-10-13-16-19-21-23-25-27-29-31-33-35-37-40-43-46-49-56(61)62-52(47-44-41-38-18-15-12-9-6-3)50-55(60)57-53(51-58)54(59)48-45-42-39-36-34-32-30-28-26-24-22-20-17-14-11-8-5-2/h16,19,21,23,25,27,29,31,52-54,58-59H,4-15,17-18,20,22,24,26,28,30,32-51H2,1-3H3,(H,57,60)/b19-16+,23-21+,27-25+,31-29+. The molecule has 0 saturated carbocycles. The number of hydrogen-bond donors (Lipinski definition) is 3. The van der Waals surface area contributed by atoms with Gasteiger partial charge in [-0.2, -0.15) is 0 Å². The van der Waals surface area contributed by atoms with Crippen LogP contribution in [0.25, 0.3) is 0 Å². The molecule has 0 fully saturated rings. The number of nitrogens with one attached hydrogen (secondary N) is 1. The second kappa shape index (κ2) is 49.8. The van der Waals surface area contributed by atoms with Crippen LogP contribution >= 0.6 is 0 Å². The highest BCUT2D eigenvalue weighted by atomic mass is 16.5. The first-order chi connectivity index (χ1) is 30.5. The summed E-state index contributed by atoms with van der Waals surface area (Å²) < 4.78 is 5.91. The highest BCUT2D eigenvalue weighted by molar-refractivity contribution is 5.77. The molecule has 62 heavy (non-hydrogen) atoms. The molecule has 1 amide bonds. The molecule has 0 heterocycles. The van der Waals surface area contributed by atoms with Crippen LogP contribution in [0.1, 0.15) is 271 Å². The van der Waals surface area contributed by atoms with Gasteiger partial charge in [0.25, 0.3) is 0 Å².